The highest BCUT2D eigenvalue weighted by atomic mass is 35.5. The van der Waals surface area contributed by atoms with E-state index in [1.54, 1.807) is 25.3 Å². The lowest BCUT2D eigenvalue weighted by Crippen LogP contribution is -2.47. The lowest BCUT2D eigenvalue weighted by molar-refractivity contribution is -0.120. The maximum absolute atomic E-state index is 12.1. The number of amides is 3. The molecular formula is C19H21ClN4O3. The number of urea groups is 1. The molecule has 0 spiro atoms. The monoisotopic (exact) mass is 388 g/mol. The van der Waals surface area contributed by atoms with E-state index in [0.29, 0.717) is 30.3 Å². The van der Waals surface area contributed by atoms with Crippen molar-refractivity contribution in [2.45, 2.75) is 6.54 Å². The minimum Gasteiger partial charge on any atom is -0.497 e. The van der Waals surface area contributed by atoms with Crippen LogP contribution in [0.25, 0.3) is 0 Å². The van der Waals surface area contributed by atoms with Crippen LogP contribution in [0, 0.1) is 0 Å². The largest absolute Gasteiger partial charge is 0.497 e. The minimum atomic E-state index is -0.334. The van der Waals surface area contributed by atoms with Gasteiger partial charge >= 0.3 is 6.03 Å². The van der Waals surface area contributed by atoms with E-state index in [4.69, 9.17) is 16.3 Å². The number of methoxy groups -OCH3 is 1. The molecule has 3 rings (SSSR count). The van der Waals surface area contributed by atoms with Crippen LogP contribution < -0.4 is 25.6 Å². The summed E-state index contributed by atoms with van der Waals surface area (Å²) in [6.07, 6.45) is 0. The van der Waals surface area contributed by atoms with E-state index < -0.39 is 0 Å². The highest BCUT2D eigenvalue weighted by Gasteiger charge is 2.18. The van der Waals surface area contributed by atoms with Gasteiger partial charge in [-0.25, -0.2) is 4.79 Å². The predicted molar refractivity (Wildman–Crippen MR) is 106 cm³/mol. The van der Waals surface area contributed by atoms with Gasteiger partial charge in [-0.15, -0.1) is 0 Å². The maximum atomic E-state index is 12.1. The molecule has 1 heterocycles. The van der Waals surface area contributed by atoms with Gasteiger partial charge in [0.05, 0.1) is 24.4 Å². The number of piperazine rings is 1. The molecule has 0 aliphatic carbocycles. The molecule has 0 atom stereocenters. The standard InChI is InChI=1S/C19H21ClN4O3/c1-27-15-4-2-3-13(9-15)11-22-19(26)23-14-5-6-17(16(20)10-14)24-8-7-21-18(25)12-24/h2-6,9-10H,7-8,11-12H2,1H3,(H,21,25)(H2,22,23,26). The van der Waals surface area contributed by atoms with Crippen LogP contribution >= 0.6 is 11.6 Å². The second kappa shape index (κ2) is 8.64. The number of nitrogens with zero attached hydrogens (tertiary/aromatic N) is 1. The zero-order chi connectivity index (χ0) is 19.2. The summed E-state index contributed by atoms with van der Waals surface area (Å²) >= 11 is 6.34. The first kappa shape index (κ1) is 18.8. The van der Waals surface area contributed by atoms with Gasteiger partial charge in [-0.1, -0.05) is 23.7 Å². The Labute approximate surface area is 162 Å². The molecule has 3 amide bonds. The van der Waals surface area contributed by atoms with Crippen LogP contribution in [0.2, 0.25) is 5.02 Å². The number of nitrogens with one attached hydrogen (secondary N) is 3. The predicted octanol–water partition coefficient (Wildman–Crippen LogP) is 2.61. The summed E-state index contributed by atoms with van der Waals surface area (Å²) in [5.74, 6) is 0.708. The molecule has 142 valence electrons. The van der Waals surface area contributed by atoms with E-state index in [2.05, 4.69) is 16.0 Å². The number of hydrogen-bond acceptors (Lipinski definition) is 4. The Morgan fingerprint density at radius 3 is 2.89 bits per heavy atom. The molecule has 1 aliphatic rings. The van der Waals surface area contributed by atoms with Gasteiger partial charge < -0.3 is 25.6 Å². The smallest absolute Gasteiger partial charge is 0.319 e. The Morgan fingerprint density at radius 1 is 1.30 bits per heavy atom. The molecule has 1 aliphatic heterocycles. The van der Waals surface area contributed by atoms with Crippen molar-refractivity contribution in [3.05, 3.63) is 53.1 Å². The number of carbonyl (C=O) groups is 2. The van der Waals surface area contributed by atoms with Crippen molar-refractivity contribution in [1.82, 2.24) is 10.6 Å². The Balaban J connectivity index is 1.57. The van der Waals surface area contributed by atoms with Crippen molar-refractivity contribution < 1.29 is 14.3 Å². The van der Waals surface area contributed by atoms with E-state index in [9.17, 15) is 9.59 Å². The molecule has 7 nitrogen and oxygen atoms in total. The van der Waals surface area contributed by atoms with Gasteiger partial charge in [0.15, 0.2) is 0 Å². The Hall–Kier alpha value is -2.93. The molecule has 2 aromatic rings. The van der Waals surface area contributed by atoms with Gasteiger partial charge in [-0.05, 0) is 35.9 Å². The van der Waals surface area contributed by atoms with Crippen molar-refractivity contribution in [2.75, 3.05) is 37.0 Å². The summed E-state index contributed by atoms with van der Waals surface area (Å²) in [7, 11) is 1.60. The van der Waals surface area contributed by atoms with Gasteiger partial charge in [0.1, 0.15) is 5.75 Å². The molecule has 27 heavy (non-hydrogen) atoms. The average Bonchev–Trinajstić information content (AvgIpc) is 2.66. The maximum Gasteiger partial charge on any atom is 0.319 e. The van der Waals surface area contributed by atoms with Gasteiger partial charge in [-0.2, -0.15) is 0 Å². The molecule has 0 saturated carbocycles. The van der Waals surface area contributed by atoms with Crippen molar-refractivity contribution in [2.24, 2.45) is 0 Å². The molecular weight excluding hydrogens is 368 g/mol. The van der Waals surface area contributed by atoms with Crippen molar-refractivity contribution >= 4 is 34.9 Å². The highest BCUT2D eigenvalue weighted by Crippen LogP contribution is 2.29. The van der Waals surface area contributed by atoms with E-state index in [1.807, 2.05) is 29.2 Å². The van der Waals surface area contributed by atoms with Crippen molar-refractivity contribution in [1.29, 1.82) is 0 Å². The second-order valence-electron chi connectivity index (χ2n) is 6.10. The second-order valence-corrected chi connectivity index (χ2v) is 6.50. The third-order valence-corrected chi connectivity index (χ3v) is 4.47. The van der Waals surface area contributed by atoms with Crippen LogP contribution in [0.4, 0.5) is 16.2 Å². The third-order valence-electron chi connectivity index (χ3n) is 4.17. The van der Waals surface area contributed by atoms with Crippen LogP contribution in [0.1, 0.15) is 5.56 Å². The van der Waals surface area contributed by atoms with Crippen LogP contribution in [-0.4, -0.2) is 38.7 Å². The van der Waals surface area contributed by atoms with Crippen molar-refractivity contribution in [3.8, 4) is 5.75 Å². The quantitative estimate of drug-likeness (QED) is 0.735. The first-order chi connectivity index (χ1) is 13.0. The Bertz CT molecular complexity index is 843. The number of halogens is 1. The van der Waals surface area contributed by atoms with Gasteiger partial charge in [0.2, 0.25) is 5.91 Å². The molecule has 1 saturated heterocycles. The fourth-order valence-corrected chi connectivity index (χ4v) is 3.13. The lowest BCUT2D eigenvalue weighted by Gasteiger charge is -2.29. The van der Waals surface area contributed by atoms with E-state index in [1.165, 1.54) is 0 Å². The first-order valence-electron chi connectivity index (χ1n) is 8.54. The van der Waals surface area contributed by atoms with Crippen LogP contribution in [0.5, 0.6) is 5.75 Å². The zero-order valence-electron chi connectivity index (χ0n) is 14.9. The van der Waals surface area contributed by atoms with Crippen LogP contribution in [0.3, 0.4) is 0 Å². The number of anilines is 2. The summed E-state index contributed by atoms with van der Waals surface area (Å²) in [6.45, 7) is 1.92. The number of rotatable bonds is 5. The van der Waals surface area contributed by atoms with Crippen molar-refractivity contribution in [3.63, 3.8) is 0 Å². The number of hydrogen-bond donors (Lipinski definition) is 3. The van der Waals surface area contributed by atoms with Gasteiger partial charge in [0, 0.05) is 25.3 Å². The molecule has 0 aromatic heterocycles. The van der Waals surface area contributed by atoms with E-state index in [0.717, 1.165) is 17.0 Å². The normalized spacial score (nSPS) is 13.7. The Kier molecular flexibility index (Phi) is 6.03. The van der Waals surface area contributed by atoms with E-state index >= 15 is 0 Å². The number of ether oxygens (including phenoxy) is 1. The summed E-state index contributed by atoms with van der Waals surface area (Å²) in [5, 5.41) is 8.81. The fourth-order valence-electron chi connectivity index (χ4n) is 2.83. The van der Waals surface area contributed by atoms with E-state index in [-0.39, 0.29) is 18.5 Å². The lowest BCUT2D eigenvalue weighted by atomic mass is 10.2. The SMILES string of the molecule is COc1cccc(CNC(=O)Nc2ccc(N3CCNC(=O)C3)c(Cl)c2)c1. The minimum absolute atomic E-state index is 0.0311. The molecule has 2 aromatic carbocycles. The summed E-state index contributed by atoms with van der Waals surface area (Å²) in [6, 6.07) is 12.4. The number of benzene rings is 2. The Morgan fingerprint density at radius 2 is 2.15 bits per heavy atom. The number of carbonyl (C=O) groups excluding carboxylic acids is 2. The molecule has 0 radical (unpaired) electrons. The first-order valence-corrected chi connectivity index (χ1v) is 8.92. The molecule has 3 N–H and O–H groups in total. The molecule has 1 fully saturated rings. The topological polar surface area (TPSA) is 82.7 Å². The highest BCUT2D eigenvalue weighted by molar-refractivity contribution is 6.33. The fraction of sp³-hybridized carbons (Fsp3) is 0.263. The zero-order valence-corrected chi connectivity index (χ0v) is 15.7. The third kappa shape index (κ3) is 5.04. The molecule has 0 bridgehead atoms. The van der Waals surface area contributed by atoms with Gasteiger partial charge in [-0.3, -0.25) is 4.79 Å². The summed E-state index contributed by atoms with van der Waals surface area (Å²) in [4.78, 5) is 25.6. The average molecular weight is 389 g/mol. The van der Waals surface area contributed by atoms with Crippen LogP contribution in [0.15, 0.2) is 42.5 Å². The van der Waals surface area contributed by atoms with Gasteiger partial charge in [0.25, 0.3) is 0 Å². The van der Waals surface area contributed by atoms with Crippen LogP contribution in [-0.2, 0) is 11.3 Å². The summed E-state index contributed by atoms with van der Waals surface area (Å²) < 4.78 is 5.17. The molecule has 8 heteroatoms. The summed E-state index contributed by atoms with van der Waals surface area (Å²) in [5.41, 5.74) is 2.28. The molecule has 0 unspecified atom stereocenters.